The molecule has 0 radical (unpaired) electrons. The highest BCUT2D eigenvalue weighted by molar-refractivity contribution is 7.12. The van der Waals surface area contributed by atoms with Crippen molar-refractivity contribution in [3.8, 4) is 11.5 Å². The number of nitrogens with zero attached hydrogens (tertiary/aromatic N) is 8. The number of alkyl halides is 12. The summed E-state index contributed by atoms with van der Waals surface area (Å²) in [5, 5.41) is 1.51. The van der Waals surface area contributed by atoms with Crippen molar-refractivity contribution in [2.75, 3.05) is 88.3 Å². The predicted molar refractivity (Wildman–Crippen MR) is 306 cm³/mol. The topological polar surface area (TPSA) is 115 Å². The molecule has 0 saturated carbocycles. The second kappa shape index (κ2) is 26.2. The zero-order valence-corrected chi connectivity index (χ0v) is 49.4. The van der Waals surface area contributed by atoms with Crippen molar-refractivity contribution in [3.63, 3.8) is 0 Å². The summed E-state index contributed by atoms with van der Waals surface area (Å²) < 4.78 is 172. The molecule has 4 aliphatic heterocycles. The molecule has 4 aliphatic rings. The highest BCUT2D eigenvalue weighted by Gasteiger charge is 2.42. The minimum atomic E-state index is -5.01. The van der Waals surface area contributed by atoms with Gasteiger partial charge in [0.05, 0.1) is 55.7 Å². The molecule has 4 fully saturated rings. The molecular formula is C61H62F12N8O5S2. The Balaban J connectivity index is 0.917. The van der Waals surface area contributed by atoms with Crippen LogP contribution in [-0.4, -0.2) is 151 Å². The van der Waals surface area contributed by atoms with Gasteiger partial charge in [-0.15, -0.1) is 49.0 Å². The SMILES string of the molecule is Cc1sc(C2CCN(C(=O)c3ccccc3OC(F)(F)F)CC2)nc1CC(C(=O)C(Cc1nc(C2CCN(C(=O)c3ccccc3OC(F)(F)F)CC2)sc1C)N1CCN(c2cccc(C(F)(F)F)c2)CC1)N1CCN(c2cccc(C(F)(F)F)c2)CC1. The lowest BCUT2D eigenvalue weighted by molar-refractivity contribution is -0.275. The molecule has 4 saturated heterocycles. The van der Waals surface area contributed by atoms with Crippen LogP contribution in [0.15, 0.2) is 97.1 Å². The summed E-state index contributed by atoms with van der Waals surface area (Å²) in [4.78, 5) is 66.0. The van der Waals surface area contributed by atoms with Crippen molar-refractivity contribution >= 4 is 51.6 Å². The van der Waals surface area contributed by atoms with Crippen LogP contribution in [0, 0.1) is 13.8 Å². The second-order valence-corrected chi connectivity index (χ2v) is 24.8. The Morgan fingerprint density at radius 3 is 1.18 bits per heavy atom. The van der Waals surface area contributed by atoms with Gasteiger partial charge in [-0.25, -0.2) is 9.97 Å². The van der Waals surface area contributed by atoms with E-state index in [1.165, 1.54) is 81.0 Å². The molecule has 6 aromatic rings. The van der Waals surface area contributed by atoms with Gasteiger partial charge < -0.3 is 29.1 Å². The number of Topliss-reactive ketones (excluding diaryl/α,β-unsaturated/α-hetero) is 1. The quantitative estimate of drug-likeness (QED) is 0.0863. The van der Waals surface area contributed by atoms with Crippen LogP contribution in [0.1, 0.15) is 101 Å². The van der Waals surface area contributed by atoms with Gasteiger partial charge in [0.15, 0.2) is 5.78 Å². The fourth-order valence-corrected chi connectivity index (χ4v) is 14.3. The van der Waals surface area contributed by atoms with Gasteiger partial charge in [0, 0.05) is 124 Å². The Bertz CT molecular complexity index is 3210. The zero-order chi connectivity index (χ0) is 62.9. The first-order valence-electron chi connectivity index (χ1n) is 28.7. The van der Waals surface area contributed by atoms with Crippen LogP contribution < -0.4 is 19.3 Å². The Kier molecular flexibility index (Phi) is 19.1. The van der Waals surface area contributed by atoms with E-state index in [1.54, 1.807) is 12.1 Å². The number of carbonyl (C=O) groups excluding carboxylic acids is 3. The summed E-state index contributed by atoms with van der Waals surface area (Å²) in [6, 6.07) is 18.7. The number of benzene rings is 4. The van der Waals surface area contributed by atoms with E-state index in [9.17, 15) is 62.3 Å². The molecule has 10 rings (SSSR count). The third-order valence-corrected chi connectivity index (χ3v) is 19.1. The van der Waals surface area contributed by atoms with Gasteiger partial charge >= 0.3 is 25.1 Å². The molecule has 0 spiro atoms. The molecule has 27 heteroatoms. The van der Waals surface area contributed by atoms with Gasteiger partial charge in [-0.1, -0.05) is 36.4 Å². The number of aryl methyl sites for hydroxylation is 2. The summed E-state index contributed by atoms with van der Waals surface area (Å²) >= 11 is 2.89. The zero-order valence-electron chi connectivity index (χ0n) is 47.7. The maximum absolute atomic E-state index is 16.1. The molecule has 2 atom stereocenters. The van der Waals surface area contributed by atoms with E-state index >= 15 is 4.79 Å². The van der Waals surface area contributed by atoms with E-state index in [0.717, 1.165) is 56.2 Å². The van der Waals surface area contributed by atoms with Crippen molar-refractivity contribution in [2.45, 2.75) is 101 Å². The maximum Gasteiger partial charge on any atom is 0.573 e. The average Bonchev–Trinajstić information content (AvgIpc) is 2.76. The second-order valence-electron chi connectivity index (χ2n) is 22.3. The Morgan fingerprint density at radius 1 is 0.489 bits per heavy atom. The predicted octanol–water partition coefficient (Wildman–Crippen LogP) is 12.8. The fraction of sp³-hybridized carbons (Fsp3) is 0.459. The number of para-hydroxylation sites is 2. The number of hydrogen-bond acceptors (Lipinski definition) is 13. The van der Waals surface area contributed by atoms with Gasteiger partial charge in [0.2, 0.25) is 0 Å². The number of piperazine rings is 2. The normalized spacial score (nSPS) is 18.2. The van der Waals surface area contributed by atoms with E-state index in [1.807, 2.05) is 33.4 Å². The highest BCUT2D eigenvalue weighted by Crippen LogP contribution is 2.40. The molecule has 2 amide bonds. The van der Waals surface area contributed by atoms with Crippen molar-refractivity contribution in [1.82, 2.24) is 29.6 Å². The summed E-state index contributed by atoms with van der Waals surface area (Å²) in [5.74, 6) is -2.90. The van der Waals surface area contributed by atoms with Gasteiger partial charge in [0.1, 0.15) is 11.5 Å². The summed E-state index contributed by atoms with van der Waals surface area (Å²) in [6.45, 7) is 6.80. The third-order valence-electron chi connectivity index (χ3n) is 16.8. The molecule has 0 bridgehead atoms. The van der Waals surface area contributed by atoms with Crippen LogP contribution >= 0.6 is 22.7 Å². The van der Waals surface area contributed by atoms with Crippen LogP contribution in [0.25, 0.3) is 0 Å². The first-order valence-corrected chi connectivity index (χ1v) is 30.4. The highest BCUT2D eigenvalue weighted by atomic mass is 32.1. The van der Waals surface area contributed by atoms with Gasteiger partial charge in [-0.3, -0.25) is 24.2 Å². The number of ether oxygens (including phenoxy) is 2. The van der Waals surface area contributed by atoms with Crippen molar-refractivity contribution in [3.05, 3.63) is 150 Å². The number of piperidine rings is 2. The maximum atomic E-state index is 16.1. The van der Waals surface area contributed by atoms with Crippen molar-refractivity contribution < 1.29 is 76.5 Å². The summed E-state index contributed by atoms with van der Waals surface area (Å²) in [6.07, 6.45) is -17.2. The number of aromatic nitrogens is 2. The summed E-state index contributed by atoms with van der Waals surface area (Å²) in [7, 11) is 0. The number of ketones is 1. The van der Waals surface area contributed by atoms with E-state index < -0.39 is 71.6 Å². The molecule has 6 heterocycles. The number of thiazole rings is 2. The van der Waals surface area contributed by atoms with Crippen molar-refractivity contribution in [1.29, 1.82) is 0 Å². The van der Waals surface area contributed by atoms with E-state index in [0.29, 0.717) is 48.4 Å². The first kappa shape index (κ1) is 64.0. The number of anilines is 2. The molecule has 88 heavy (non-hydrogen) atoms. The smallest absolute Gasteiger partial charge is 0.405 e. The van der Waals surface area contributed by atoms with Crippen LogP contribution in [0.4, 0.5) is 64.1 Å². The molecule has 472 valence electrons. The Labute approximate surface area is 507 Å². The number of halogens is 12. The molecule has 2 unspecified atom stereocenters. The molecule has 0 N–H and O–H groups in total. The first-order chi connectivity index (χ1) is 41.7. The number of rotatable bonds is 16. The lowest BCUT2D eigenvalue weighted by Gasteiger charge is -2.43. The van der Waals surface area contributed by atoms with Gasteiger partial charge in [0.25, 0.3) is 11.8 Å². The lowest BCUT2D eigenvalue weighted by Crippen LogP contribution is -2.60. The minimum absolute atomic E-state index is 0.129. The van der Waals surface area contributed by atoms with Crippen LogP contribution in [-0.2, 0) is 30.0 Å². The average molecular weight is 1280 g/mol. The van der Waals surface area contributed by atoms with Crippen LogP contribution in [0.5, 0.6) is 11.5 Å². The van der Waals surface area contributed by atoms with E-state index in [-0.39, 0.29) is 120 Å². The molecule has 0 aliphatic carbocycles. The van der Waals surface area contributed by atoms with Crippen LogP contribution in [0.2, 0.25) is 0 Å². The number of hydrogen-bond donors (Lipinski definition) is 0. The fourth-order valence-electron chi connectivity index (χ4n) is 12.1. The largest absolute Gasteiger partial charge is 0.573 e. The van der Waals surface area contributed by atoms with Gasteiger partial charge in [-0.2, -0.15) is 26.3 Å². The number of carbonyl (C=O) groups is 3. The third kappa shape index (κ3) is 15.4. The number of likely N-dealkylation sites (tertiary alicyclic amines) is 2. The van der Waals surface area contributed by atoms with Gasteiger partial charge in [-0.05, 0) is 100 Å². The molecule has 2 aromatic heterocycles. The molecule has 13 nitrogen and oxygen atoms in total. The Hall–Kier alpha value is -6.97. The standard InChI is InChI=1S/C61H62F12N8O5S2/c1-37-47(74-54(87-37)39-17-21-80(22-18-39)56(83)45-13-3-5-15-51(45)85-60(68,69)70)35-49(78-29-25-76(26-30-78)43-11-7-9-41(33-43)58(62,63)64)53(82)50(79-31-27-77(28-32-79)44-12-8-10-42(34-44)59(65,66)67)36-48-38(2)88-55(75-48)40-19-23-81(24-20-40)57(84)46-14-4-6-16-52(46)86-61(71,72)73/h3-16,33-34,39-40,49-50H,17-32,35-36H2,1-2H3. The number of amides is 2. The summed E-state index contributed by atoms with van der Waals surface area (Å²) in [5.41, 5.74) is -0.0404. The molecule has 4 aromatic carbocycles. The van der Waals surface area contributed by atoms with E-state index in [4.69, 9.17) is 9.97 Å². The monoisotopic (exact) mass is 1280 g/mol. The molecular weight excluding hydrogens is 1220 g/mol. The van der Waals surface area contributed by atoms with Crippen LogP contribution in [0.3, 0.4) is 0 Å². The van der Waals surface area contributed by atoms with Crippen molar-refractivity contribution in [2.24, 2.45) is 0 Å². The minimum Gasteiger partial charge on any atom is -0.405 e. The Morgan fingerprint density at radius 2 is 0.841 bits per heavy atom. The lowest BCUT2D eigenvalue weighted by atomic mass is 9.92. The van der Waals surface area contributed by atoms with E-state index in [2.05, 4.69) is 9.47 Å².